The van der Waals surface area contributed by atoms with Crippen LogP contribution in [0.25, 0.3) is 0 Å². The zero-order valence-electron chi connectivity index (χ0n) is 19.9. The Bertz CT molecular complexity index is 1250. The molecule has 0 radical (unpaired) electrons. The van der Waals surface area contributed by atoms with Gasteiger partial charge in [-0.05, 0) is 55.5 Å². The highest BCUT2D eigenvalue weighted by atomic mass is 35.5. The number of benzene rings is 2. The minimum absolute atomic E-state index is 0.0754. The third-order valence-corrected chi connectivity index (χ3v) is 6.45. The summed E-state index contributed by atoms with van der Waals surface area (Å²) >= 11 is 5.94. The number of nitrogens with one attached hydrogen (secondary N) is 2. The number of hydrogen-bond acceptors (Lipinski definition) is 7. The number of hydrogen-bond donors (Lipinski definition) is 2. The van der Waals surface area contributed by atoms with Gasteiger partial charge >= 0.3 is 0 Å². The number of halogens is 1. The molecule has 1 atom stereocenters. The van der Waals surface area contributed by atoms with E-state index in [2.05, 4.69) is 25.5 Å². The zero-order valence-corrected chi connectivity index (χ0v) is 20.7. The van der Waals surface area contributed by atoms with Gasteiger partial charge in [0.2, 0.25) is 17.8 Å². The van der Waals surface area contributed by atoms with Crippen LogP contribution in [0.4, 0.5) is 28.8 Å². The maximum absolute atomic E-state index is 12.8. The van der Waals surface area contributed by atoms with E-state index in [0.717, 1.165) is 30.2 Å². The molecule has 0 aliphatic carbocycles. The first-order chi connectivity index (χ1) is 17.4. The molecule has 36 heavy (non-hydrogen) atoms. The number of aromatic nitrogens is 2. The third-order valence-electron chi connectivity index (χ3n) is 6.20. The Kier molecular flexibility index (Phi) is 7.02. The predicted octanol–water partition coefficient (Wildman–Crippen LogP) is 4.01. The molecule has 2 aliphatic heterocycles. The molecule has 0 bridgehead atoms. The summed E-state index contributed by atoms with van der Waals surface area (Å²) in [5, 5.41) is 6.84. The number of anilines is 5. The van der Waals surface area contributed by atoms with Gasteiger partial charge in [-0.1, -0.05) is 11.6 Å². The fourth-order valence-electron chi connectivity index (χ4n) is 4.30. The molecule has 9 nitrogen and oxygen atoms in total. The Labute approximate surface area is 214 Å². The molecule has 2 fully saturated rings. The van der Waals surface area contributed by atoms with Crippen molar-refractivity contribution in [2.75, 3.05) is 53.3 Å². The highest BCUT2D eigenvalue weighted by Crippen LogP contribution is 2.27. The van der Waals surface area contributed by atoms with Crippen molar-refractivity contribution >= 4 is 52.2 Å². The van der Waals surface area contributed by atoms with Gasteiger partial charge in [0.1, 0.15) is 5.82 Å². The van der Waals surface area contributed by atoms with E-state index < -0.39 is 5.92 Å². The van der Waals surface area contributed by atoms with Gasteiger partial charge in [-0.15, -0.1) is 0 Å². The van der Waals surface area contributed by atoms with Crippen molar-refractivity contribution < 1.29 is 14.3 Å². The van der Waals surface area contributed by atoms with Crippen molar-refractivity contribution in [3.63, 3.8) is 0 Å². The normalized spacial score (nSPS) is 17.8. The fraction of sp³-hybridized carbons (Fsp3) is 0.308. The second kappa shape index (κ2) is 10.5. The summed E-state index contributed by atoms with van der Waals surface area (Å²) in [6.07, 6.45) is 0.173. The second-order valence-electron chi connectivity index (χ2n) is 8.87. The Morgan fingerprint density at radius 2 is 1.72 bits per heavy atom. The number of carbonyl (C=O) groups is 2. The van der Waals surface area contributed by atoms with E-state index in [9.17, 15) is 9.59 Å². The molecule has 1 unspecified atom stereocenters. The van der Waals surface area contributed by atoms with Gasteiger partial charge in [0, 0.05) is 59.9 Å². The van der Waals surface area contributed by atoms with Crippen LogP contribution in [0.2, 0.25) is 5.02 Å². The van der Waals surface area contributed by atoms with Crippen LogP contribution in [0.3, 0.4) is 0 Å². The van der Waals surface area contributed by atoms with Crippen molar-refractivity contribution in [3.05, 3.63) is 65.3 Å². The van der Waals surface area contributed by atoms with Crippen molar-refractivity contribution in [1.29, 1.82) is 0 Å². The standard InChI is InChI=1S/C26H27ClN6O3/c1-17-14-23(31-26(28-17)32-10-12-36-13-11-32)29-20-4-6-21(7-5-20)30-25(35)18-15-24(34)33(16-18)22-8-2-19(27)3-9-22/h2-9,14,18H,10-13,15-16H2,1H3,(H,30,35)(H,28,29,31). The van der Waals surface area contributed by atoms with Gasteiger partial charge in [-0.3, -0.25) is 9.59 Å². The number of carbonyl (C=O) groups excluding carboxylic acids is 2. The number of rotatable bonds is 6. The maximum atomic E-state index is 12.8. The third kappa shape index (κ3) is 5.58. The Morgan fingerprint density at radius 1 is 1.03 bits per heavy atom. The highest BCUT2D eigenvalue weighted by Gasteiger charge is 2.35. The molecule has 0 spiro atoms. The summed E-state index contributed by atoms with van der Waals surface area (Å²) in [4.78, 5) is 38.3. The summed E-state index contributed by atoms with van der Waals surface area (Å²) in [5.74, 6) is 0.709. The van der Waals surface area contributed by atoms with Crippen LogP contribution >= 0.6 is 11.6 Å². The van der Waals surface area contributed by atoms with E-state index in [1.54, 1.807) is 29.2 Å². The van der Waals surface area contributed by atoms with Crippen LogP contribution in [0.15, 0.2) is 54.6 Å². The van der Waals surface area contributed by atoms with Crippen molar-refractivity contribution in [1.82, 2.24) is 9.97 Å². The average molecular weight is 507 g/mol. The Balaban J connectivity index is 1.20. The van der Waals surface area contributed by atoms with E-state index in [1.165, 1.54) is 0 Å². The molecular weight excluding hydrogens is 480 g/mol. The first-order valence-corrected chi connectivity index (χ1v) is 12.2. The van der Waals surface area contributed by atoms with Crippen LogP contribution < -0.4 is 20.4 Å². The van der Waals surface area contributed by atoms with Crippen LogP contribution in [0, 0.1) is 12.8 Å². The second-order valence-corrected chi connectivity index (χ2v) is 9.30. The predicted molar refractivity (Wildman–Crippen MR) is 140 cm³/mol. The minimum Gasteiger partial charge on any atom is -0.378 e. The van der Waals surface area contributed by atoms with Crippen molar-refractivity contribution in [2.24, 2.45) is 5.92 Å². The molecule has 2 N–H and O–H groups in total. The number of amides is 2. The topological polar surface area (TPSA) is 99.7 Å². The van der Waals surface area contributed by atoms with Crippen molar-refractivity contribution in [2.45, 2.75) is 13.3 Å². The Morgan fingerprint density at radius 3 is 2.44 bits per heavy atom. The summed E-state index contributed by atoms with van der Waals surface area (Å²) in [6, 6.07) is 16.3. The largest absolute Gasteiger partial charge is 0.378 e. The lowest BCUT2D eigenvalue weighted by Crippen LogP contribution is -2.37. The first-order valence-electron chi connectivity index (χ1n) is 11.9. The average Bonchev–Trinajstić information content (AvgIpc) is 3.27. The van der Waals surface area contributed by atoms with E-state index in [0.29, 0.717) is 42.2 Å². The summed E-state index contributed by atoms with van der Waals surface area (Å²) < 4.78 is 5.42. The molecule has 3 aromatic rings. The molecule has 0 saturated carbocycles. The van der Waals surface area contributed by atoms with Crippen LogP contribution in [0.5, 0.6) is 0 Å². The molecule has 2 amide bonds. The fourth-order valence-corrected chi connectivity index (χ4v) is 4.43. The highest BCUT2D eigenvalue weighted by molar-refractivity contribution is 6.30. The molecule has 5 rings (SSSR count). The molecule has 1 aromatic heterocycles. The molecule has 186 valence electrons. The van der Waals surface area contributed by atoms with Crippen LogP contribution in [-0.4, -0.2) is 54.6 Å². The number of ether oxygens (including phenoxy) is 1. The van der Waals surface area contributed by atoms with E-state index in [-0.39, 0.29) is 18.2 Å². The number of nitrogens with zero attached hydrogens (tertiary/aromatic N) is 4. The van der Waals surface area contributed by atoms with Gasteiger partial charge in [0.05, 0.1) is 19.1 Å². The number of morpholine rings is 1. The summed E-state index contributed by atoms with van der Waals surface area (Å²) in [5.41, 5.74) is 3.11. The minimum atomic E-state index is -0.423. The molecule has 10 heteroatoms. The Hall–Kier alpha value is -3.69. The van der Waals surface area contributed by atoms with Crippen molar-refractivity contribution in [3.8, 4) is 0 Å². The molecule has 2 saturated heterocycles. The van der Waals surface area contributed by atoms with E-state index in [4.69, 9.17) is 16.3 Å². The SMILES string of the molecule is Cc1cc(Nc2ccc(NC(=O)C3CC(=O)N(c4ccc(Cl)cc4)C3)cc2)nc(N2CCOCC2)n1. The number of aryl methyl sites for hydroxylation is 1. The maximum Gasteiger partial charge on any atom is 0.229 e. The van der Waals surface area contributed by atoms with Gasteiger partial charge in [-0.2, -0.15) is 4.98 Å². The monoisotopic (exact) mass is 506 g/mol. The van der Waals surface area contributed by atoms with E-state index >= 15 is 0 Å². The molecule has 3 heterocycles. The van der Waals surface area contributed by atoms with E-state index in [1.807, 2.05) is 37.3 Å². The summed E-state index contributed by atoms with van der Waals surface area (Å²) in [7, 11) is 0. The van der Waals surface area contributed by atoms with Crippen LogP contribution in [0.1, 0.15) is 12.1 Å². The lowest BCUT2D eigenvalue weighted by molar-refractivity contribution is -0.122. The zero-order chi connectivity index (χ0) is 25.1. The molecular formula is C26H27ClN6O3. The molecule has 2 aromatic carbocycles. The molecule has 2 aliphatic rings. The van der Waals surface area contributed by atoms with Gasteiger partial charge in [0.15, 0.2) is 0 Å². The first kappa shape index (κ1) is 24.0. The lowest BCUT2D eigenvalue weighted by atomic mass is 10.1. The van der Waals surface area contributed by atoms with Gasteiger partial charge in [-0.25, -0.2) is 4.98 Å². The lowest BCUT2D eigenvalue weighted by Gasteiger charge is -2.27. The quantitative estimate of drug-likeness (QED) is 0.521. The van der Waals surface area contributed by atoms with Crippen LogP contribution in [-0.2, 0) is 14.3 Å². The van der Waals surface area contributed by atoms with Gasteiger partial charge < -0.3 is 25.2 Å². The van der Waals surface area contributed by atoms with Gasteiger partial charge in [0.25, 0.3) is 0 Å². The summed E-state index contributed by atoms with van der Waals surface area (Å²) in [6.45, 7) is 5.15. The smallest absolute Gasteiger partial charge is 0.229 e.